The van der Waals surface area contributed by atoms with Crippen molar-refractivity contribution in [2.75, 3.05) is 6.54 Å². The topological polar surface area (TPSA) is 12.0 Å². The largest absolute Gasteiger partial charge is 0.313 e. The van der Waals surface area contributed by atoms with Gasteiger partial charge in [-0.25, -0.2) is 4.39 Å². The highest BCUT2D eigenvalue weighted by molar-refractivity contribution is 6.31. The quantitative estimate of drug-likeness (QED) is 0.798. The molecule has 1 aromatic carbocycles. The summed E-state index contributed by atoms with van der Waals surface area (Å²) in [5, 5.41) is 4.03. The number of nitrogens with one attached hydrogen (secondary N) is 1. The molecule has 0 aliphatic heterocycles. The molecule has 96 valence electrons. The molecular formula is C14H21ClFN. The van der Waals surface area contributed by atoms with E-state index in [1.54, 1.807) is 6.07 Å². The summed E-state index contributed by atoms with van der Waals surface area (Å²) in [6.07, 6.45) is 2.15. The van der Waals surface area contributed by atoms with Crippen molar-refractivity contribution >= 4 is 11.6 Å². The van der Waals surface area contributed by atoms with E-state index in [0.29, 0.717) is 17.0 Å². The number of hydrogen-bond donors (Lipinski definition) is 1. The fourth-order valence-corrected chi connectivity index (χ4v) is 2.43. The lowest BCUT2D eigenvalue weighted by molar-refractivity contribution is 0.438. The van der Waals surface area contributed by atoms with Crippen LogP contribution < -0.4 is 5.32 Å². The minimum absolute atomic E-state index is 0.277. The maximum Gasteiger partial charge on any atom is 0.124 e. The Morgan fingerprint density at radius 3 is 2.59 bits per heavy atom. The average molecular weight is 258 g/mol. The van der Waals surface area contributed by atoms with E-state index in [1.807, 2.05) is 0 Å². The predicted molar refractivity (Wildman–Crippen MR) is 72.2 cm³/mol. The van der Waals surface area contributed by atoms with E-state index in [4.69, 9.17) is 11.6 Å². The molecular weight excluding hydrogens is 237 g/mol. The zero-order valence-electron chi connectivity index (χ0n) is 10.8. The Bertz CT molecular complexity index is 354. The van der Waals surface area contributed by atoms with Gasteiger partial charge in [0.2, 0.25) is 0 Å². The van der Waals surface area contributed by atoms with Crippen LogP contribution in [0.15, 0.2) is 18.2 Å². The highest BCUT2D eigenvalue weighted by Gasteiger charge is 2.18. The number of hydrogen-bond acceptors (Lipinski definition) is 1. The normalized spacial score (nSPS) is 14.6. The Labute approximate surface area is 108 Å². The SMILES string of the molecule is CCCNC(CC)C(C)c1ccc(F)cc1Cl. The monoisotopic (exact) mass is 257 g/mol. The first-order valence-corrected chi connectivity index (χ1v) is 6.66. The Kier molecular flexibility index (Phi) is 5.93. The number of halogens is 2. The van der Waals surface area contributed by atoms with Crippen LogP contribution in [0.25, 0.3) is 0 Å². The summed E-state index contributed by atoms with van der Waals surface area (Å²) in [6, 6.07) is 5.04. The molecule has 2 unspecified atom stereocenters. The second-order valence-electron chi connectivity index (χ2n) is 4.42. The minimum Gasteiger partial charge on any atom is -0.313 e. The molecule has 0 heterocycles. The minimum atomic E-state index is -0.277. The number of rotatable bonds is 6. The zero-order valence-corrected chi connectivity index (χ0v) is 11.5. The second kappa shape index (κ2) is 6.97. The van der Waals surface area contributed by atoms with Gasteiger partial charge in [0.1, 0.15) is 5.82 Å². The average Bonchev–Trinajstić information content (AvgIpc) is 2.29. The van der Waals surface area contributed by atoms with E-state index < -0.39 is 0 Å². The number of benzene rings is 1. The van der Waals surface area contributed by atoms with E-state index >= 15 is 0 Å². The van der Waals surface area contributed by atoms with Gasteiger partial charge in [0.15, 0.2) is 0 Å². The van der Waals surface area contributed by atoms with Crippen molar-refractivity contribution in [3.8, 4) is 0 Å². The fraction of sp³-hybridized carbons (Fsp3) is 0.571. The third-order valence-electron chi connectivity index (χ3n) is 3.15. The van der Waals surface area contributed by atoms with Gasteiger partial charge in [-0.3, -0.25) is 0 Å². The molecule has 1 N–H and O–H groups in total. The van der Waals surface area contributed by atoms with Crippen molar-refractivity contribution in [3.05, 3.63) is 34.6 Å². The van der Waals surface area contributed by atoms with Gasteiger partial charge in [-0.1, -0.05) is 38.4 Å². The maximum atomic E-state index is 13.0. The first-order chi connectivity index (χ1) is 8.10. The summed E-state index contributed by atoms with van der Waals surface area (Å²) in [7, 11) is 0. The lowest BCUT2D eigenvalue weighted by Gasteiger charge is -2.25. The molecule has 1 rings (SSSR count). The summed E-state index contributed by atoms with van der Waals surface area (Å²) < 4.78 is 13.0. The molecule has 0 spiro atoms. The van der Waals surface area contributed by atoms with E-state index in [-0.39, 0.29) is 5.82 Å². The molecule has 3 heteroatoms. The molecule has 0 fully saturated rings. The van der Waals surface area contributed by atoms with Crippen molar-refractivity contribution in [2.24, 2.45) is 0 Å². The molecule has 0 aliphatic carbocycles. The summed E-state index contributed by atoms with van der Waals surface area (Å²) in [5.74, 6) is 0.0140. The van der Waals surface area contributed by atoms with Crippen LogP contribution in [0, 0.1) is 5.82 Å². The molecule has 1 nitrogen and oxygen atoms in total. The first-order valence-electron chi connectivity index (χ1n) is 6.28. The van der Waals surface area contributed by atoms with Gasteiger partial charge in [0.25, 0.3) is 0 Å². The third-order valence-corrected chi connectivity index (χ3v) is 3.48. The van der Waals surface area contributed by atoms with E-state index in [1.165, 1.54) is 12.1 Å². The summed E-state index contributed by atoms with van der Waals surface area (Å²) in [6.45, 7) is 7.44. The van der Waals surface area contributed by atoms with E-state index in [2.05, 4.69) is 26.1 Å². The summed E-state index contributed by atoms with van der Waals surface area (Å²) in [5.41, 5.74) is 1.02. The fourth-order valence-electron chi connectivity index (χ4n) is 2.09. The zero-order chi connectivity index (χ0) is 12.8. The Morgan fingerprint density at radius 1 is 1.35 bits per heavy atom. The van der Waals surface area contributed by atoms with Gasteiger partial charge in [-0.15, -0.1) is 0 Å². The van der Waals surface area contributed by atoms with Gasteiger partial charge < -0.3 is 5.32 Å². The summed E-state index contributed by atoms with van der Waals surface area (Å²) >= 11 is 6.09. The van der Waals surface area contributed by atoms with Gasteiger partial charge >= 0.3 is 0 Å². The van der Waals surface area contributed by atoms with Crippen LogP contribution in [0.3, 0.4) is 0 Å². The smallest absolute Gasteiger partial charge is 0.124 e. The Morgan fingerprint density at radius 2 is 2.06 bits per heavy atom. The van der Waals surface area contributed by atoms with Crippen molar-refractivity contribution in [2.45, 2.75) is 45.6 Å². The maximum absolute atomic E-state index is 13.0. The Balaban J connectivity index is 2.81. The van der Waals surface area contributed by atoms with Crippen LogP contribution in [-0.4, -0.2) is 12.6 Å². The van der Waals surface area contributed by atoms with E-state index in [9.17, 15) is 4.39 Å². The lowest BCUT2D eigenvalue weighted by Crippen LogP contribution is -2.33. The van der Waals surface area contributed by atoms with Gasteiger partial charge in [0, 0.05) is 11.1 Å². The molecule has 0 radical (unpaired) electrons. The third kappa shape index (κ3) is 3.97. The summed E-state index contributed by atoms with van der Waals surface area (Å²) in [4.78, 5) is 0. The molecule has 17 heavy (non-hydrogen) atoms. The van der Waals surface area contributed by atoms with Crippen LogP contribution in [-0.2, 0) is 0 Å². The van der Waals surface area contributed by atoms with Gasteiger partial charge in [-0.05, 0) is 43.0 Å². The van der Waals surface area contributed by atoms with Crippen LogP contribution in [0.5, 0.6) is 0 Å². The molecule has 0 bridgehead atoms. The second-order valence-corrected chi connectivity index (χ2v) is 4.83. The molecule has 0 saturated carbocycles. The van der Waals surface area contributed by atoms with E-state index in [0.717, 1.165) is 24.9 Å². The molecule has 0 saturated heterocycles. The van der Waals surface area contributed by atoms with Crippen LogP contribution in [0.4, 0.5) is 4.39 Å². The molecule has 1 aromatic rings. The molecule has 0 aromatic heterocycles. The first kappa shape index (κ1) is 14.5. The van der Waals surface area contributed by atoms with Crippen LogP contribution in [0.1, 0.15) is 45.1 Å². The van der Waals surface area contributed by atoms with Gasteiger partial charge in [0.05, 0.1) is 0 Å². The Hall–Kier alpha value is -0.600. The predicted octanol–water partition coefficient (Wildman–Crippen LogP) is 4.36. The van der Waals surface area contributed by atoms with Crippen molar-refractivity contribution < 1.29 is 4.39 Å². The highest BCUT2D eigenvalue weighted by Crippen LogP contribution is 2.28. The van der Waals surface area contributed by atoms with Crippen molar-refractivity contribution in [3.63, 3.8) is 0 Å². The van der Waals surface area contributed by atoms with Crippen molar-refractivity contribution in [1.29, 1.82) is 0 Å². The van der Waals surface area contributed by atoms with Crippen LogP contribution >= 0.6 is 11.6 Å². The standard InChI is InChI=1S/C14H21ClFN/c1-4-8-17-14(5-2)10(3)12-7-6-11(16)9-13(12)15/h6-7,9-10,14,17H,4-5,8H2,1-3H3. The molecule has 2 atom stereocenters. The lowest BCUT2D eigenvalue weighted by atomic mass is 9.91. The highest BCUT2D eigenvalue weighted by atomic mass is 35.5. The van der Waals surface area contributed by atoms with Crippen LogP contribution in [0.2, 0.25) is 5.02 Å². The van der Waals surface area contributed by atoms with Gasteiger partial charge in [-0.2, -0.15) is 0 Å². The van der Waals surface area contributed by atoms with Crippen molar-refractivity contribution in [1.82, 2.24) is 5.32 Å². The molecule has 0 aliphatic rings. The molecule has 0 amide bonds.